The van der Waals surface area contributed by atoms with Crippen molar-refractivity contribution in [3.8, 4) is 0 Å². The van der Waals surface area contributed by atoms with Crippen molar-refractivity contribution in [3.63, 3.8) is 0 Å². The van der Waals surface area contributed by atoms with Gasteiger partial charge in [0.2, 0.25) is 0 Å². The molecule has 0 bridgehead atoms. The van der Waals surface area contributed by atoms with Crippen molar-refractivity contribution in [2.75, 3.05) is 30.8 Å². The van der Waals surface area contributed by atoms with Crippen molar-refractivity contribution in [2.45, 2.75) is 31.3 Å². The molecule has 1 aromatic heterocycles. The van der Waals surface area contributed by atoms with Crippen LogP contribution in [-0.4, -0.2) is 46.0 Å². The zero-order chi connectivity index (χ0) is 13.2. The second kappa shape index (κ2) is 5.07. The average Bonchev–Trinajstić information content (AvgIpc) is 3.20. The molecule has 1 heterocycles. The van der Waals surface area contributed by atoms with E-state index in [0.29, 0.717) is 11.7 Å². The molecule has 0 amide bonds. The Morgan fingerprint density at radius 2 is 2.06 bits per heavy atom. The molecule has 2 rings (SSSR count). The number of rotatable bonds is 6. The van der Waals surface area contributed by atoms with Crippen LogP contribution in [0, 0.1) is 0 Å². The molecule has 0 radical (unpaired) electrons. The van der Waals surface area contributed by atoms with Gasteiger partial charge >= 0.3 is 0 Å². The monoisotopic (exact) mass is 252 g/mol. The van der Waals surface area contributed by atoms with Gasteiger partial charge in [-0.1, -0.05) is 0 Å². The highest BCUT2D eigenvalue weighted by molar-refractivity contribution is 5.48. The summed E-state index contributed by atoms with van der Waals surface area (Å²) in [5.41, 5.74) is -1.15. The standard InChI is InChI=1S/C12H20N4O2/c1-12(18,7-17)6-14-10-5-9(13-2)15-11(16-10)8-3-4-8/h5,8,17-18H,3-4,6-7H2,1-2H3,(H2,13,14,15,16). The molecule has 6 heteroatoms. The molecule has 1 fully saturated rings. The van der Waals surface area contributed by atoms with Crippen LogP contribution in [0.15, 0.2) is 6.07 Å². The van der Waals surface area contributed by atoms with Crippen LogP contribution in [-0.2, 0) is 0 Å². The first-order valence-corrected chi connectivity index (χ1v) is 6.18. The summed E-state index contributed by atoms with van der Waals surface area (Å²) in [5, 5.41) is 24.8. The molecule has 1 saturated carbocycles. The highest BCUT2D eigenvalue weighted by Gasteiger charge is 2.27. The zero-order valence-electron chi connectivity index (χ0n) is 10.8. The number of hydrogen-bond donors (Lipinski definition) is 4. The Morgan fingerprint density at radius 3 is 2.61 bits per heavy atom. The topological polar surface area (TPSA) is 90.3 Å². The Kier molecular flexibility index (Phi) is 3.68. The van der Waals surface area contributed by atoms with Gasteiger partial charge in [-0.15, -0.1) is 0 Å². The molecule has 0 spiro atoms. The predicted molar refractivity (Wildman–Crippen MR) is 69.8 cm³/mol. The summed E-state index contributed by atoms with van der Waals surface area (Å²) in [6, 6.07) is 1.79. The van der Waals surface area contributed by atoms with Crippen LogP contribution in [0.3, 0.4) is 0 Å². The van der Waals surface area contributed by atoms with Crippen molar-refractivity contribution in [2.24, 2.45) is 0 Å². The maximum absolute atomic E-state index is 9.73. The van der Waals surface area contributed by atoms with Crippen LogP contribution in [0.1, 0.15) is 31.5 Å². The SMILES string of the molecule is CNc1cc(NCC(C)(O)CO)nc(C2CC2)n1. The minimum Gasteiger partial charge on any atom is -0.393 e. The van der Waals surface area contributed by atoms with Gasteiger partial charge in [-0.05, 0) is 19.8 Å². The lowest BCUT2D eigenvalue weighted by atomic mass is 10.1. The third-order valence-electron chi connectivity index (χ3n) is 2.93. The summed E-state index contributed by atoms with van der Waals surface area (Å²) in [7, 11) is 1.81. The molecule has 1 aromatic rings. The van der Waals surface area contributed by atoms with Crippen molar-refractivity contribution in [3.05, 3.63) is 11.9 Å². The van der Waals surface area contributed by atoms with E-state index in [1.807, 2.05) is 7.05 Å². The summed E-state index contributed by atoms with van der Waals surface area (Å²) in [6.45, 7) is 1.52. The van der Waals surface area contributed by atoms with Gasteiger partial charge in [-0.25, -0.2) is 9.97 Å². The Hall–Kier alpha value is -1.40. The van der Waals surface area contributed by atoms with Gasteiger partial charge in [0.25, 0.3) is 0 Å². The van der Waals surface area contributed by atoms with E-state index in [2.05, 4.69) is 20.6 Å². The first kappa shape index (κ1) is 13.0. The van der Waals surface area contributed by atoms with E-state index in [1.165, 1.54) is 0 Å². The molecule has 18 heavy (non-hydrogen) atoms. The van der Waals surface area contributed by atoms with Crippen LogP contribution >= 0.6 is 0 Å². The van der Waals surface area contributed by atoms with E-state index >= 15 is 0 Å². The third-order valence-corrected chi connectivity index (χ3v) is 2.93. The molecule has 1 unspecified atom stereocenters. The largest absolute Gasteiger partial charge is 0.393 e. The highest BCUT2D eigenvalue weighted by atomic mass is 16.3. The van der Waals surface area contributed by atoms with Crippen molar-refractivity contribution in [1.82, 2.24) is 9.97 Å². The van der Waals surface area contributed by atoms with E-state index < -0.39 is 5.60 Å². The molecule has 0 saturated heterocycles. The molecule has 1 atom stereocenters. The predicted octanol–water partition coefficient (Wildman–Crippen LogP) is 0.551. The second-order valence-electron chi connectivity index (χ2n) is 5.03. The first-order valence-electron chi connectivity index (χ1n) is 6.18. The smallest absolute Gasteiger partial charge is 0.136 e. The number of nitrogens with one attached hydrogen (secondary N) is 2. The minimum absolute atomic E-state index is 0.244. The summed E-state index contributed by atoms with van der Waals surface area (Å²) in [5.74, 6) is 2.74. The van der Waals surface area contributed by atoms with Gasteiger partial charge in [0, 0.05) is 25.6 Å². The molecule has 100 valence electrons. The Morgan fingerprint density at radius 1 is 1.39 bits per heavy atom. The van der Waals surface area contributed by atoms with E-state index in [9.17, 15) is 5.11 Å². The summed E-state index contributed by atoms with van der Waals surface area (Å²) in [4.78, 5) is 8.83. The van der Waals surface area contributed by atoms with Crippen LogP contribution in [0.5, 0.6) is 0 Å². The van der Waals surface area contributed by atoms with Crippen LogP contribution in [0.2, 0.25) is 0 Å². The Bertz CT molecular complexity index is 419. The van der Waals surface area contributed by atoms with Gasteiger partial charge in [0.15, 0.2) is 0 Å². The first-order chi connectivity index (χ1) is 8.54. The lowest BCUT2D eigenvalue weighted by Gasteiger charge is -2.21. The lowest BCUT2D eigenvalue weighted by Crippen LogP contribution is -2.37. The van der Waals surface area contributed by atoms with Crippen molar-refractivity contribution >= 4 is 11.6 Å². The van der Waals surface area contributed by atoms with E-state index in [0.717, 1.165) is 24.5 Å². The van der Waals surface area contributed by atoms with Gasteiger partial charge in [0.1, 0.15) is 23.1 Å². The van der Waals surface area contributed by atoms with Gasteiger partial charge < -0.3 is 20.8 Å². The quantitative estimate of drug-likeness (QED) is 0.591. The van der Waals surface area contributed by atoms with Crippen LogP contribution in [0.4, 0.5) is 11.6 Å². The number of nitrogens with zero attached hydrogens (tertiary/aromatic N) is 2. The lowest BCUT2D eigenvalue weighted by molar-refractivity contribution is 0.0131. The molecule has 0 aliphatic heterocycles. The summed E-state index contributed by atoms with van der Waals surface area (Å²) in [6.07, 6.45) is 2.28. The number of aliphatic hydroxyl groups is 2. The second-order valence-corrected chi connectivity index (χ2v) is 5.03. The molecule has 1 aliphatic carbocycles. The van der Waals surface area contributed by atoms with Crippen molar-refractivity contribution < 1.29 is 10.2 Å². The average molecular weight is 252 g/mol. The number of aliphatic hydroxyl groups excluding tert-OH is 1. The minimum atomic E-state index is -1.15. The number of hydrogen-bond acceptors (Lipinski definition) is 6. The third kappa shape index (κ3) is 3.30. The molecule has 0 aromatic carbocycles. The molecule has 6 nitrogen and oxygen atoms in total. The van der Waals surface area contributed by atoms with Crippen molar-refractivity contribution in [1.29, 1.82) is 0 Å². The van der Waals surface area contributed by atoms with Crippen LogP contribution in [0.25, 0.3) is 0 Å². The van der Waals surface area contributed by atoms with E-state index in [-0.39, 0.29) is 13.2 Å². The molecule has 4 N–H and O–H groups in total. The van der Waals surface area contributed by atoms with E-state index in [4.69, 9.17) is 5.11 Å². The fraction of sp³-hybridized carbons (Fsp3) is 0.667. The number of anilines is 2. The number of aromatic nitrogens is 2. The molecular weight excluding hydrogens is 232 g/mol. The maximum Gasteiger partial charge on any atom is 0.136 e. The van der Waals surface area contributed by atoms with Gasteiger partial charge in [0.05, 0.1) is 6.61 Å². The fourth-order valence-corrected chi connectivity index (χ4v) is 1.55. The Balaban J connectivity index is 2.09. The summed E-state index contributed by atoms with van der Waals surface area (Å²) >= 11 is 0. The maximum atomic E-state index is 9.73. The zero-order valence-corrected chi connectivity index (χ0v) is 10.8. The fourth-order valence-electron chi connectivity index (χ4n) is 1.55. The van der Waals surface area contributed by atoms with E-state index in [1.54, 1.807) is 13.0 Å². The normalized spacial score (nSPS) is 18.2. The molecular formula is C12H20N4O2. The van der Waals surface area contributed by atoms with Gasteiger partial charge in [-0.3, -0.25) is 0 Å². The molecule has 1 aliphatic rings. The van der Waals surface area contributed by atoms with Crippen LogP contribution < -0.4 is 10.6 Å². The Labute approximate surface area is 106 Å². The van der Waals surface area contributed by atoms with Gasteiger partial charge in [-0.2, -0.15) is 0 Å². The summed E-state index contributed by atoms with van der Waals surface area (Å²) < 4.78 is 0. The highest BCUT2D eigenvalue weighted by Crippen LogP contribution is 2.38.